The van der Waals surface area contributed by atoms with Crippen LogP contribution in [0.4, 0.5) is 10.1 Å². The first-order valence-electron chi connectivity index (χ1n) is 7.79. The summed E-state index contributed by atoms with van der Waals surface area (Å²) < 4.78 is 14.2. The summed E-state index contributed by atoms with van der Waals surface area (Å²) in [5.41, 5.74) is 2.54. The van der Waals surface area contributed by atoms with Crippen molar-refractivity contribution < 1.29 is 9.18 Å². The number of rotatable bonds is 5. The van der Waals surface area contributed by atoms with Crippen molar-refractivity contribution in [2.75, 3.05) is 5.32 Å². The van der Waals surface area contributed by atoms with Crippen molar-refractivity contribution in [1.82, 2.24) is 9.97 Å². The minimum atomic E-state index is -0.336. The van der Waals surface area contributed by atoms with Crippen LogP contribution in [0.1, 0.15) is 21.6 Å². The minimum absolute atomic E-state index is 0.234. The van der Waals surface area contributed by atoms with E-state index in [-0.39, 0.29) is 17.4 Å². The Hall–Kier alpha value is -2.25. The highest BCUT2D eigenvalue weighted by Gasteiger charge is 2.15. The number of carbonyl (C=O) groups excluding carboxylic acids is 1. The number of benzene rings is 2. The maximum absolute atomic E-state index is 13.7. The van der Waals surface area contributed by atoms with Gasteiger partial charge < -0.3 is 5.32 Å². The number of aromatic nitrogens is 2. The molecule has 7 heteroatoms. The van der Waals surface area contributed by atoms with Crippen LogP contribution < -0.4 is 5.32 Å². The van der Waals surface area contributed by atoms with Crippen molar-refractivity contribution in [2.45, 2.75) is 17.8 Å². The lowest BCUT2D eigenvalue weighted by Crippen LogP contribution is -2.15. The Bertz CT molecular complexity index is 952. The minimum Gasteiger partial charge on any atom is -0.321 e. The molecule has 0 bridgehead atoms. The van der Waals surface area contributed by atoms with Gasteiger partial charge in [-0.3, -0.25) is 4.79 Å². The summed E-state index contributed by atoms with van der Waals surface area (Å²) >= 11 is 4.59. The zero-order valence-electron chi connectivity index (χ0n) is 13.9. The van der Waals surface area contributed by atoms with Crippen molar-refractivity contribution >= 4 is 39.3 Å². The van der Waals surface area contributed by atoms with Crippen LogP contribution in [0.25, 0.3) is 0 Å². The molecule has 0 radical (unpaired) electrons. The summed E-state index contributed by atoms with van der Waals surface area (Å²) in [5.74, 6) is -0.222. The number of hydrogen-bond acceptors (Lipinski definition) is 4. The van der Waals surface area contributed by atoms with Crippen molar-refractivity contribution in [2.24, 2.45) is 0 Å². The summed E-state index contributed by atoms with van der Waals surface area (Å²) in [6, 6.07) is 14.1. The van der Waals surface area contributed by atoms with Gasteiger partial charge in [0.25, 0.3) is 5.91 Å². The molecule has 1 N–H and O–H groups in total. The van der Waals surface area contributed by atoms with Gasteiger partial charge in [-0.25, -0.2) is 14.4 Å². The van der Waals surface area contributed by atoms with Crippen LogP contribution in [0.3, 0.4) is 0 Å². The number of hydrogen-bond donors (Lipinski definition) is 1. The number of anilines is 1. The van der Waals surface area contributed by atoms with Gasteiger partial charge in [0.15, 0.2) is 5.16 Å². The Morgan fingerprint density at radius 3 is 2.81 bits per heavy atom. The van der Waals surface area contributed by atoms with Gasteiger partial charge in [-0.05, 0) is 52.2 Å². The smallest absolute Gasteiger partial charge is 0.275 e. The van der Waals surface area contributed by atoms with E-state index in [0.29, 0.717) is 26.6 Å². The zero-order chi connectivity index (χ0) is 18.5. The molecular weight excluding hydrogens is 417 g/mol. The number of halogens is 2. The first-order valence-corrected chi connectivity index (χ1v) is 9.57. The quantitative estimate of drug-likeness (QED) is 0.443. The first-order chi connectivity index (χ1) is 12.5. The molecule has 0 atom stereocenters. The fourth-order valence-electron chi connectivity index (χ4n) is 2.25. The number of nitrogens with one attached hydrogen (secondary N) is 1. The lowest BCUT2D eigenvalue weighted by atomic mass is 10.2. The van der Waals surface area contributed by atoms with Gasteiger partial charge in [0.2, 0.25) is 0 Å². The van der Waals surface area contributed by atoms with Crippen LogP contribution in [-0.2, 0) is 5.75 Å². The Morgan fingerprint density at radius 1 is 1.23 bits per heavy atom. The third kappa shape index (κ3) is 4.68. The van der Waals surface area contributed by atoms with Gasteiger partial charge in [-0.1, -0.05) is 42.1 Å². The number of thioether (sulfide) groups is 1. The third-order valence-electron chi connectivity index (χ3n) is 3.53. The van der Waals surface area contributed by atoms with Crippen LogP contribution in [-0.4, -0.2) is 15.9 Å². The second kappa shape index (κ2) is 8.42. The van der Waals surface area contributed by atoms with E-state index in [2.05, 4.69) is 31.2 Å². The normalized spacial score (nSPS) is 10.6. The average molecular weight is 432 g/mol. The maximum Gasteiger partial charge on any atom is 0.275 e. The van der Waals surface area contributed by atoms with E-state index in [1.807, 2.05) is 31.2 Å². The van der Waals surface area contributed by atoms with E-state index >= 15 is 0 Å². The molecule has 0 aliphatic heterocycles. The highest BCUT2D eigenvalue weighted by Crippen LogP contribution is 2.24. The molecule has 1 amide bonds. The summed E-state index contributed by atoms with van der Waals surface area (Å²) in [4.78, 5) is 21.0. The average Bonchev–Trinajstić information content (AvgIpc) is 2.62. The van der Waals surface area contributed by atoms with Crippen molar-refractivity contribution in [3.8, 4) is 0 Å². The molecule has 132 valence electrons. The Balaban J connectivity index is 1.74. The number of amides is 1. The predicted octanol–water partition coefficient (Wildman–Crippen LogP) is 5.23. The van der Waals surface area contributed by atoms with Gasteiger partial charge in [-0.2, -0.15) is 0 Å². The summed E-state index contributed by atoms with van der Waals surface area (Å²) in [7, 11) is 0. The van der Waals surface area contributed by atoms with E-state index in [0.717, 1.165) is 5.56 Å². The van der Waals surface area contributed by atoms with Gasteiger partial charge in [0.1, 0.15) is 11.5 Å². The molecule has 4 nitrogen and oxygen atoms in total. The fraction of sp³-hybridized carbons (Fsp3) is 0.105. The van der Waals surface area contributed by atoms with Crippen LogP contribution >= 0.6 is 27.7 Å². The summed E-state index contributed by atoms with van der Waals surface area (Å²) in [6.45, 7) is 1.95. The number of aryl methyl sites for hydroxylation is 1. The Morgan fingerprint density at radius 2 is 2.04 bits per heavy atom. The topological polar surface area (TPSA) is 54.9 Å². The SMILES string of the molecule is Cc1cccc(NC(=O)c2nc(SCc3ccccc3F)ncc2Br)c1. The molecule has 0 aliphatic rings. The number of carbonyl (C=O) groups is 1. The summed E-state index contributed by atoms with van der Waals surface area (Å²) in [5, 5.41) is 3.23. The van der Waals surface area contributed by atoms with E-state index in [1.165, 1.54) is 24.0 Å². The van der Waals surface area contributed by atoms with Crippen molar-refractivity contribution in [3.63, 3.8) is 0 Å². The van der Waals surface area contributed by atoms with Gasteiger partial charge >= 0.3 is 0 Å². The molecule has 1 aromatic heterocycles. The Kier molecular flexibility index (Phi) is 6.00. The molecule has 3 rings (SSSR count). The van der Waals surface area contributed by atoms with Crippen molar-refractivity contribution in [1.29, 1.82) is 0 Å². The van der Waals surface area contributed by atoms with Crippen LogP contribution in [0.15, 0.2) is 64.4 Å². The molecule has 0 spiro atoms. The molecular formula is C19H15BrFN3OS. The second-order valence-corrected chi connectivity index (χ2v) is 7.35. The van der Waals surface area contributed by atoms with Crippen LogP contribution in [0.2, 0.25) is 0 Å². The lowest BCUT2D eigenvalue weighted by molar-refractivity contribution is 0.102. The molecule has 0 unspecified atom stereocenters. The molecule has 0 fully saturated rings. The van der Waals surface area contributed by atoms with Crippen molar-refractivity contribution in [3.05, 3.63) is 81.8 Å². The molecule has 3 aromatic rings. The third-order valence-corrected chi connectivity index (χ3v) is 5.02. The molecule has 0 saturated heterocycles. The highest BCUT2D eigenvalue weighted by atomic mass is 79.9. The molecule has 0 aliphatic carbocycles. The van der Waals surface area contributed by atoms with Gasteiger partial charge in [0.05, 0.1) is 4.47 Å². The highest BCUT2D eigenvalue weighted by molar-refractivity contribution is 9.10. The largest absolute Gasteiger partial charge is 0.321 e. The standard InChI is InChI=1S/C19H15BrFN3OS/c1-12-5-4-7-14(9-12)23-18(25)17-15(20)10-22-19(24-17)26-11-13-6-2-3-8-16(13)21/h2-10H,11H2,1H3,(H,23,25). The van der Waals surface area contributed by atoms with Gasteiger partial charge in [-0.15, -0.1) is 0 Å². The monoisotopic (exact) mass is 431 g/mol. The van der Waals surface area contributed by atoms with E-state index in [9.17, 15) is 9.18 Å². The molecule has 0 saturated carbocycles. The predicted molar refractivity (Wildman–Crippen MR) is 105 cm³/mol. The van der Waals surface area contributed by atoms with Crippen LogP contribution in [0.5, 0.6) is 0 Å². The van der Waals surface area contributed by atoms with E-state index < -0.39 is 0 Å². The van der Waals surface area contributed by atoms with E-state index in [4.69, 9.17) is 0 Å². The van der Waals surface area contributed by atoms with Gasteiger partial charge in [0, 0.05) is 17.6 Å². The molecule has 2 aromatic carbocycles. The zero-order valence-corrected chi connectivity index (χ0v) is 16.3. The van der Waals surface area contributed by atoms with Crippen LogP contribution in [0, 0.1) is 12.7 Å². The summed E-state index contributed by atoms with van der Waals surface area (Å²) in [6.07, 6.45) is 1.53. The maximum atomic E-state index is 13.7. The van der Waals surface area contributed by atoms with E-state index in [1.54, 1.807) is 18.2 Å². The molecule has 1 heterocycles. The number of nitrogens with zero attached hydrogens (tertiary/aromatic N) is 2. The Labute approximate surface area is 163 Å². The lowest BCUT2D eigenvalue weighted by Gasteiger charge is -2.08. The fourth-order valence-corrected chi connectivity index (χ4v) is 3.42. The first kappa shape index (κ1) is 18.5. The molecule has 26 heavy (non-hydrogen) atoms. The second-order valence-electron chi connectivity index (χ2n) is 5.55.